The van der Waals surface area contributed by atoms with Gasteiger partial charge in [0.15, 0.2) is 0 Å². The lowest BCUT2D eigenvalue weighted by molar-refractivity contribution is -0.167. The molecular weight excluding hydrogens is 673 g/mol. The number of benzene rings is 3. The van der Waals surface area contributed by atoms with Crippen molar-refractivity contribution in [2.75, 3.05) is 32.0 Å². The van der Waals surface area contributed by atoms with E-state index in [1.54, 1.807) is 0 Å². The van der Waals surface area contributed by atoms with Crippen LogP contribution in [0, 0.1) is 0 Å². The second-order valence-electron chi connectivity index (χ2n) is 10.9. The zero-order valence-electron chi connectivity index (χ0n) is 26.5. The van der Waals surface area contributed by atoms with Crippen LogP contribution in [0.4, 0.5) is 0 Å². The molecule has 3 aromatic carbocycles. The van der Waals surface area contributed by atoms with Crippen molar-refractivity contribution in [1.82, 2.24) is 0 Å². The van der Waals surface area contributed by atoms with Crippen molar-refractivity contribution < 1.29 is 52.0 Å². The van der Waals surface area contributed by atoms with E-state index in [4.69, 9.17) is 26.8 Å². The average Bonchev–Trinajstić information content (AvgIpc) is 3.01. The van der Waals surface area contributed by atoms with E-state index in [9.17, 15) is 25.3 Å². The van der Waals surface area contributed by atoms with Crippen LogP contribution >= 0.6 is 0 Å². The summed E-state index contributed by atoms with van der Waals surface area (Å²) in [5.41, 5.74) is 2.28. The molecule has 0 radical (unpaired) electrons. The largest absolute Gasteiger partial charge is 0.371 e. The predicted molar refractivity (Wildman–Crippen MR) is 176 cm³/mol. The average molecular weight is 715 g/mol. The Labute approximate surface area is 278 Å². The third-order valence-electron chi connectivity index (χ3n) is 6.62. The Morgan fingerprint density at radius 1 is 0.511 bits per heavy atom. The molecule has 4 atom stereocenters. The van der Waals surface area contributed by atoms with Gasteiger partial charge in [-0.3, -0.25) is 12.5 Å². The minimum absolute atomic E-state index is 0.00710. The topological polar surface area (TPSA) is 158 Å². The standard InChI is InChI=1S/C32H42O12S3/c1-45(33,34)42-21-13-20-29(39-22-26-14-7-4-8-15-26)32(44-47(3,37)38)31(41-24-28-18-11-6-12-19-28)30(25-43-46(2,35)36)40-23-27-16-9-5-10-17-27/h4-12,14-19,29-32H,13,20-25H2,1-3H3/t29-,30-,31-,32+/m0/s1. The van der Waals surface area contributed by atoms with Crippen LogP contribution in [0.2, 0.25) is 0 Å². The summed E-state index contributed by atoms with van der Waals surface area (Å²) in [5.74, 6) is 0. The van der Waals surface area contributed by atoms with Gasteiger partial charge in [-0.2, -0.15) is 25.3 Å². The second kappa shape index (κ2) is 18.7. The molecule has 0 aliphatic carbocycles. The monoisotopic (exact) mass is 714 g/mol. The molecule has 47 heavy (non-hydrogen) atoms. The first-order valence-corrected chi connectivity index (χ1v) is 20.2. The van der Waals surface area contributed by atoms with Gasteiger partial charge in [0, 0.05) is 0 Å². The Hall–Kier alpha value is -2.73. The lowest BCUT2D eigenvalue weighted by Gasteiger charge is -2.36. The molecule has 0 amide bonds. The molecule has 0 saturated heterocycles. The molecule has 0 spiro atoms. The highest BCUT2D eigenvalue weighted by atomic mass is 32.2. The summed E-state index contributed by atoms with van der Waals surface area (Å²) in [5, 5.41) is 0. The minimum Gasteiger partial charge on any atom is -0.371 e. The Balaban J connectivity index is 2.05. The molecule has 0 saturated carbocycles. The van der Waals surface area contributed by atoms with Gasteiger partial charge < -0.3 is 14.2 Å². The smallest absolute Gasteiger partial charge is 0.264 e. The van der Waals surface area contributed by atoms with E-state index in [0.717, 1.165) is 35.5 Å². The highest BCUT2D eigenvalue weighted by Crippen LogP contribution is 2.26. The van der Waals surface area contributed by atoms with Crippen molar-refractivity contribution in [1.29, 1.82) is 0 Å². The molecule has 260 valence electrons. The number of ether oxygens (including phenoxy) is 3. The summed E-state index contributed by atoms with van der Waals surface area (Å²) in [6.07, 6.45) is -1.99. The summed E-state index contributed by atoms with van der Waals surface area (Å²) < 4.78 is 108. The molecule has 0 heterocycles. The first kappa shape index (κ1) is 38.7. The molecule has 12 nitrogen and oxygen atoms in total. The van der Waals surface area contributed by atoms with Crippen molar-refractivity contribution in [2.24, 2.45) is 0 Å². The van der Waals surface area contributed by atoms with E-state index in [2.05, 4.69) is 0 Å². The predicted octanol–water partition coefficient (Wildman–Crippen LogP) is 3.82. The third-order valence-corrected chi connectivity index (χ3v) is 8.35. The van der Waals surface area contributed by atoms with Gasteiger partial charge in [0.25, 0.3) is 30.4 Å². The first-order valence-electron chi connectivity index (χ1n) is 14.7. The van der Waals surface area contributed by atoms with E-state index in [1.807, 2.05) is 91.0 Å². The van der Waals surface area contributed by atoms with Crippen molar-refractivity contribution in [3.8, 4) is 0 Å². The molecule has 0 bridgehead atoms. The van der Waals surface area contributed by atoms with Crippen LogP contribution in [0.25, 0.3) is 0 Å². The van der Waals surface area contributed by atoms with Crippen molar-refractivity contribution in [3.63, 3.8) is 0 Å². The Kier molecular flexibility index (Phi) is 15.4. The Morgan fingerprint density at radius 3 is 1.36 bits per heavy atom. The molecule has 0 aromatic heterocycles. The van der Waals surface area contributed by atoms with Gasteiger partial charge in [-0.25, -0.2) is 0 Å². The summed E-state index contributed by atoms with van der Waals surface area (Å²) in [7, 11) is -11.9. The molecule has 0 unspecified atom stereocenters. The van der Waals surface area contributed by atoms with Crippen LogP contribution in [0.5, 0.6) is 0 Å². The number of rotatable bonds is 22. The first-order chi connectivity index (χ1) is 22.2. The molecule has 0 aliphatic rings. The van der Waals surface area contributed by atoms with Gasteiger partial charge in [-0.1, -0.05) is 91.0 Å². The molecular formula is C32H42O12S3. The maximum absolute atomic E-state index is 12.8. The van der Waals surface area contributed by atoms with E-state index in [-0.39, 0.29) is 39.3 Å². The molecule has 0 N–H and O–H groups in total. The van der Waals surface area contributed by atoms with Gasteiger partial charge in [-0.05, 0) is 29.5 Å². The summed E-state index contributed by atoms with van der Waals surface area (Å²) in [4.78, 5) is 0. The fraction of sp³-hybridized carbons (Fsp3) is 0.438. The Bertz CT molecular complexity index is 1650. The van der Waals surface area contributed by atoms with E-state index in [0.29, 0.717) is 0 Å². The summed E-state index contributed by atoms with van der Waals surface area (Å²) in [6, 6.07) is 27.3. The van der Waals surface area contributed by atoms with Crippen LogP contribution in [0.15, 0.2) is 91.0 Å². The number of hydrogen-bond donors (Lipinski definition) is 0. The van der Waals surface area contributed by atoms with Gasteiger partial charge in [-0.15, -0.1) is 0 Å². The molecule has 15 heteroatoms. The highest BCUT2D eigenvalue weighted by molar-refractivity contribution is 7.86. The van der Waals surface area contributed by atoms with Gasteiger partial charge >= 0.3 is 0 Å². The highest BCUT2D eigenvalue weighted by Gasteiger charge is 2.41. The minimum atomic E-state index is -4.18. The van der Waals surface area contributed by atoms with Crippen molar-refractivity contribution in [3.05, 3.63) is 108 Å². The van der Waals surface area contributed by atoms with Crippen LogP contribution in [0.3, 0.4) is 0 Å². The number of hydrogen-bond acceptors (Lipinski definition) is 12. The summed E-state index contributed by atoms with van der Waals surface area (Å²) in [6.45, 7) is -0.703. The third kappa shape index (κ3) is 16.3. The molecule has 0 aliphatic heterocycles. The fourth-order valence-electron chi connectivity index (χ4n) is 4.53. The van der Waals surface area contributed by atoms with Crippen molar-refractivity contribution >= 4 is 30.4 Å². The SMILES string of the molecule is CS(=O)(=O)OCCC[C@H](OCc1ccccc1)[C@@H](OS(C)(=O)=O)[C@@H](OCc1ccccc1)[C@H](COS(C)(=O)=O)OCc1ccccc1. The van der Waals surface area contributed by atoms with E-state index in [1.165, 1.54) is 0 Å². The molecule has 3 rings (SSSR count). The molecule has 0 fully saturated rings. The van der Waals surface area contributed by atoms with E-state index >= 15 is 0 Å². The lowest BCUT2D eigenvalue weighted by Crippen LogP contribution is -2.51. The van der Waals surface area contributed by atoms with Crippen LogP contribution in [-0.2, 0) is 76.9 Å². The van der Waals surface area contributed by atoms with Crippen LogP contribution in [0.1, 0.15) is 29.5 Å². The Morgan fingerprint density at radius 2 is 0.936 bits per heavy atom. The van der Waals surface area contributed by atoms with Gasteiger partial charge in [0.2, 0.25) is 0 Å². The normalized spacial score (nSPS) is 15.1. The maximum Gasteiger partial charge on any atom is 0.264 e. The lowest BCUT2D eigenvalue weighted by atomic mass is 9.99. The second-order valence-corrected chi connectivity index (χ2v) is 15.7. The quantitative estimate of drug-likeness (QED) is 0.110. The van der Waals surface area contributed by atoms with Crippen molar-refractivity contribution in [2.45, 2.75) is 57.1 Å². The van der Waals surface area contributed by atoms with Gasteiger partial charge in [0.05, 0.1) is 57.9 Å². The van der Waals surface area contributed by atoms with E-state index < -0.39 is 61.4 Å². The summed E-state index contributed by atoms with van der Waals surface area (Å²) >= 11 is 0. The fourth-order valence-corrected chi connectivity index (χ4v) is 5.97. The zero-order valence-corrected chi connectivity index (χ0v) is 29.0. The van der Waals surface area contributed by atoms with Gasteiger partial charge in [0.1, 0.15) is 18.3 Å². The van der Waals surface area contributed by atoms with Crippen LogP contribution in [-0.4, -0.2) is 81.7 Å². The zero-order chi connectivity index (χ0) is 34.3. The van der Waals surface area contributed by atoms with Crippen LogP contribution < -0.4 is 0 Å². The maximum atomic E-state index is 12.8. The molecule has 3 aromatic rings.